The highest BCUT2D eigenvalue weighted by Gasteiger charge is 2.04. The van der Waals surface area contributed by atoms with Gasteiger partial charge in [-0.25, -0.2) is 0 Å². The number of aldehydes is 1. The third-order valence-electron chi connectivity index (χ3n) is 1.92. The maximum Gasteiger partial charge on any atom is 0.153 e. The summed E-state index contributed by atoms with van der Waals surface area (Å²) in [6, 6.07) is 6.62. The van der Waals surface area contributed by atoms with Crippen LogP contribution in [0.1, 0.15) is 18.1 Å². The second-order valence-corrected chi connectivity index (χ2v) is 3.08. The van der Waals surface area contributed by atoms with Crippen LogP contribution in [0.5, 0.6) is 5.75 Å². The second kappa shape index (κ2) is 6.16. The fourth-order valence-corrected chi connectivity index (χ4v) is 1.09. The number of hydrogen-bond donors (Lipinski definition) is 2. The van der Waals surface area contributed by atoms with Crippen molar-refractivity contribution in [1.82, 2.24) is 0 Å². The molecule has 0 aliphatic heterocycles. The van der Waals surface area contributed by atoms with Crippen LogP contribution in [0, 0.1) is 0 Å². The van der Waals surface area contributed by atoms with Crippen LogP contribution in [0.3, 0.4) is 0 Å². The van der Waals surface area contributed by atoms with Crippen molar-refractivity contribution in [3.8, 4) is 5.75 Å². The van der Waals surface area contributed by atoms with E-state index < -0.39 is 6.10 Å². The Hall–Kier alpha value is -1.39. The van der Waals surface area contributed by atoms with Crippen LogP contribution in [-0.4, -0.2) is 29.7 Å². The minimum atomic E-state index is -1.07. The molecular weight excluding hydrogens is 196 g/mol. The summed E-state index contributed by atoms with van der Waals surface area (Å²) in [7, 11) is 0. The Morgan fingerprint density at radius 3 is 2.53 bits per heavy atom. The molecular formula is C11H14O4. The van der Waals surface area contributed by atoms with Gasteiger partial charge in [-0.05, 0) is 17.7 Å². The molecule has 1 atom stereocenters. The average molecular weight is 210 g/mol. The Morgan fingerprint density at radius 2 is 2.00 bits per heavy atom. The van der Waals surface area contributed by atoms with E-state index in [9.17, 15) is 9.90 Å². The van der Waals surface area contributed by atoms with Crippen molar-refractivity contribution in [3.05, 3.63) is 29.8 Å². The fraction of sp³-hybridized carbons (Fsp3) is 0.364. The number of carbonyl (C=O) groups excluding carboxylic acids is 1. The SMILES string of the molecule is O=CC(O)c1ccc(OCCCO)cc1. The first-order chi connectivity index (χ1) is 7.27. The molecule has 4 heteroatoms. The van der Waals surface area contributed by atoms with Crippen LogP contribution in [-0.2, 0) is 4.79 Å². The summed E-state index contributed by atoms with van der Waals surface area (Å²) in [5.41, 5.74) is 0.541. The van der Waals surface area contributed by atoms with Crippen LogP contribution < -0.4 is 4.74 Å². The van der Waals surface area contributed by atoms with Gasteiger partial charge in [0.15, 0.2) is 6.29 Å². The molecule has 1 rings (SSSR count). The van der Waals surface area contributed by atoms with Crippen molar-refractivity contribution in [2.24, 2.45) is 0 Å². The van der Waals surface area contributed by atoms with Gasteiger partial charge in [-0.15, -0.1) is 0 Å². The highest BCUT2D eigenvalue weighted by Crippen LogP contribution is 2.16. The molecule has 0 spiro atoms. The summed E-state index contributed by atoms with van der Waals surface area (Å²) in [6.07, 6.45) is -0.0168. The molecule has 82 valence electrons. The Kier molecular flexibility index (Phi) is 4.80. The van der Waals surface area contributed by atoms with Crippen LogP contribution in [0.25, 0.3) is 0 Å². The third kappa shape index (κ3) is 3.69. The number of ether oxygens (including phenoxy) is 1. The first-order valence-corrected chi connectivity index (χ1v) is 4.75. The maximum absolute atomic E-state index is 10.3. The summed E-state index contributed by atoms with van der Waals surface area (Å²) in [5.74, 6) is 0.658. The predicted octanol–water partition coefficient (Wildman–Crippen LogP) is 0.680. The molecule has 1 unspecified atom stereocenters. The smallest absolute Gasteiger partial charge is 0.153 e. The fourth-order valence-electron chi connectivity index (χ4n) is 1.09. The normalized spacial score (nSPS) is 12.1. The largest absolute Gasteiger partial charge is 0.494 e. The van der Waals surface area contributed by atoms with Crippen LogP contribution in [0.4, 0.5) is 0 Å². The second-order valence-electron chi connectivity index (χ2n) is 3.08. The molecule has 0 amide bonds. The molecule has 0 saturated heterocycles. The van der Waals surface area contributed by atoms with Gasteiger partial charge in [0.25, 0.3) is 0 Å². The van der Waals surface area contributed by atoms with Gasteiger partial charge in [-0.1, -0.05) is 12.1 Å². The maximum atomic E-state index is 10.3. The summed E-state index contributed by atoms with van der Waals surface area (Å²) >= 11 is 0. The van der Waals surface area contributed by atoms with Crippen LogP contribution >= 0.6 is 0 Å². The molecule has 4 nitrogen and oxygen atoms in total. The van der Waals surface area contributed by atoms with E-state index in [1.807, 2.05) is 0 Å². The minimum Gasteiger partial charge on any atom is -0.494 e. The molecule has 1 aromatic carbocycles. The molecule has 0 aliphatic carbocycles. The zero-order valence-electron chi connectivity index (χ0n) is 8.30. The van der Waals surface area contributed by atoms with Crippen molar-refractivity contribution < 1.29 is 19.7 Å². The van der Waals surface area contributed by atoms with Gasteiger partial charge in [-0.2, -0.15) is 0 Å². The van der Waals surface area contributed by atoms with E-state index >= 15 is 0 Å². The Balaban J connectivity index is 2.52. The van der Waals surface area contributed by atoms with E-state index in [1.165, 1.54) is 0 Å². The first kappa shape index (κ1) is 11.7. The van der Waals surface area contributed by atoms with Crippen LogP contribution in [0.2, 0.25) is 0 Å². The molecule has 1 aromatic rings. The number of aliphatic hydroxyl groups excluding tert-OH is 2. The van der Waals surface area contributed by atoms with E-state index in [0.717, 1.165) is 0 Å². The van der Waals surface area contributed by atoms with Crippen LogP contribution in [0.15, 0.2) is 24.3 Å². The van der Waals surface area contributed by atoms with E-state index in [-0.39, 0.29) is 6.61 Å². The lowest BCUT2D eigenvalue weighted by Gasteiger charge is -2.07. The molecule has 0 aromatic heterocycles. The van der Waals surface area contributed by atoms with E-state index in [0.29, 0.717) is 30.6 Å². The van der Waals surface area contributed by atoms with Gasteiger partial charge in [0.2, 0.25) is 0 Å². The van der Waals surface area contributed by atoms with E-state index in [4.69, 9.17) is 9.84 Å². The molecule has 0 aliphatic rings. The first-order valence-electron chi connectivity index (χ1n) is 4.75. The summed E-state index contributed by atoms with van der Waals surface area (Å²) in [5, 5.41) is 17.7. The topological polar surface area (TPSA) is 66.8 Å². The molecule has 0 heterocycles. The Morgan fingerprint density at radius 1 is 1.33 bits per heavy atom. The van der Waals surface area contributed by atoms with Gasteiger partial charge in [-0.3, -0.25) is 0 Å². The summed E-state index contributed by atoms with van der Waals surface area (Å²) < 4.78 is 5.28. The Labute approximate surface area is 88.1 Å². The van der Waals surface area contributed by atoms with Gasteiger partial charge >= 0.3 is 0 Å². The number of rotatable bonds is 6. The van der Waals surface area contributed by atoms with Crippen molar-refractivity contribution >= 4 is 6.29 Å². The Bertz CT molecular complexity index is 294. The molecule has 0 radical (unpaired) electrons. The van der Waals surface area contributed by atoms with E-state index in [2.05, 4.69) is 0 Å². The molecule has 0 fully saturated rings. The predicted molar refractivity (Wildman–Crippen MR) is 54.7 cm³/mol. The lowest BCUT2D eigenvalue weighted by molar-refractivity contribution is -0.115. The van der Waals surface area contributed by atoms with Gasteiger partial charge in [0.05, 0.1) is 6.61 Å². The van der Waals surface area contributed by atoms with Crippen molar-refractivity contribution in [2.75, 3.05) is 13.2 Å². The van der Waals surface area contributed by atoms with Gasteiger partial charge in [0, 0.05) is 13.0 Å². The third-order valence-corrected chi connectivity index (χ3v) is 1.92. The molecule has 15 heavy (non-hydrogen) atoms. The summed E-state index contributed by atoms with van der Waals surface area (Å²) in [4.78, 5) is 10.3. The van der Waals surface area contributed by atoms with Crippen molar-refractivity contribution in [1.29, 1.82) is 0 Å². The van der Waals surface area contributed by atoms with Crippen molar-refractivity contribution in [3.63, 3.8) is 0 Å². The molecule has 2 N–H and O–H groups in total. The minimum absolute atomic E-state index is 0.0991. The van der Waals surface area contributed by atoms with E-state index in [1.54, 1.807) is 24.3 Å². The quantitative estimate of drug-likeness (QED) is 0.535. The number of carbonyl (C=O) groups is 1. The monoisotopic (exact) mass is 210 g/mol. The highest BCUT2D eigenvalue weighted by molar-refractivity contribution is 5.59. The zero-order chi connectivity index (χ0) is 11.1. The standard InChI is InChI=1S/C11H14O4/c12-6-1-7-15-10-4-2-9(3-5-10)11(14)8-13/h2-5,8,11-12,14H,1,6-7H2. The van der Waals surface area contributed by atoms with Gasteiger partial charge < -0.3 is 19.7 Å². The summed E-state index contributed by atoms with van der Waals surface area (Å²) in [6.45, 7) is 0.550. The number of aliphatic hydroxyl groups is 2. The highest BCUT2D eigenvalue weighted by atomic mass is 16.5. The molecule has 0 saturated carbocycles. The number of hydrogen-bond acceptors (Lipinski definition) is 4. The lowest BCUT2D eigenvalue weighted by atomic mass is 10.1. The average Bonchev–Trinajstić information content (AvgIpc) is 2.29. The lowest BCUT2D eigenvalue weighted by Crippen LogP contribution is -2.01. The molecule has 0 bridgehead atoms. The van der Waals surface area contributed by atoms with Gasteiger partial charge in [0.1, 0.15) is 11.9 Å². The number of benzene rings is 1. The zero-order valence-corrected chi connectivity index (χ0v) is 8.30. The van der Waals surface area contributed by atoms with Crippen molar-refractivity contribution in [2.45, 2.75) is 12.5 Å².